The van der Waals surface area contributed by atoms with Crippen molar-refractivity contribution in [2.45, 2.75) is 13.0 Å². The van der Waals surface area contributed by atoms with Gasteiger partial charge in [0, 0.05) is 25.7 Å². The van der Waals surface area contributed by atoms with E-state index in [0.717, 1.165) is 11.4 Å². The van der Waals surface area contributed by atoms with Crippen molar-refractivity contribution in [3.63, 3.8) is 0 Å². The van der Waals surface area contributed by atoms with E-state index < -0.39 is 0 Å². The number of carbonyl (C=O) groups excluding carboxylic acids is 1. The molecule has 0 bridgehead atoms. The molecule has 1 amide bonds. The number of aromatic hydroxyl groups is 2. The summed E-state index contributed by atoms with van der Waals surface area (Å²) in [5.41, 5.74) is 0.953. The second kappa shape index (κ2) is 6.93. The largest absolute Gasteiger partial charge is 0.507 e. The van der Waals surface area contributed by atoms with Gasteiger partial charge in [-0.15, -0.1) is 0 Å². The Morgan fingerprint density at radius 1 is 1.08 bits per heavy atom. The van der Waals surface area contributed by atoms with Gasteiger partial charge in [-0.1, -0.05) is 18.2 Å². The van der Waals surface area contributed by atoms with Crippen LogP contribution in [0.1, 0.15) is 17.3 Å². The van der Waals surface area contributed by atoms with Crippen LogP contribution in [0.4, 0.5) is 5.69 Å². The summed E-state index contributed by atoms with van der Waals surface area (Å²) in [4.78, 5) is 16.6. The van der Waals surface area contributed by atoms with Crippen LogP contribution in [0.3, 0.4) is 0 Å². The summed E-state index contributed by atoms with van der Waals surface area (Å²) in [5.74, 6) is 0.0318. The highest BCUT2D eigenvalue weighted by molar-refractivity contribution is 5.99. The number of ether oxygens (including phenoxy) is 1. The molecule has 0 saturated carbocycles. The second-order valence-electron chi connectivity index (χ2n) is 6.14. The van der Waals surface area contributed by atoms with Gasteiger partial charge < -0.3 is 24.7 Å². The van der Waals surface area contributed by atoms with Crippen molar-refractivity contribution in [3.05, 3.63) is 48.0 Å². The molecule has 0 aromatic heterocycles. The molecule has 2 aromatic rings. The molecule has 132 valence electrons. The van der Waals surface area contributed by atoms with Gasteiger partial charge in [-0.05, 0) is 31.2 Å². The van der Waals surface area contributed by atoms with Gasteiger partial charge in [0.05, 0.1) is 12.8 Å². The summed E-state index contributed by atoms with van der Waals surface area (Å²) in [6.07, 6.45) is 0. The fraction of sp³-hybridized carbons (Fsp3) is 0.316. The van der Waals surface area contributed by atoms with Crippen LogP contribution < -0.4 is 9.64 Å². The quantitative estimate of drug-likeness (QED) is 0.896. The van der Waals surface area contributed by atoms with E-state index in [1.807, 2.05) is 31.2 Å². The number of hydrogen-bond donors (Lipinski definition) is 2. The van der Waals surface area contributed by atoms with E-state index in [4.69, 9.17) is 4.74 Å². The molecule has 0 aliphatic carbocycles. The molecule has 25 heavy (non-hydrogen) atoms. The Balaban J connectivity index is 1.79. The normalized spacial score (nSPS) is 17.4. The number of para-hydroxylation sites is 2. The number of nitrogens with zero attached hydrogens (tertiary/aromatic N) is 2. The van der Waals surface area contributed by atoms with Gasteiger partial charge in [0.2, 0.25) is 0 Å². The third-order valence-corrected chi connectivity index (χ3v) is 4.55. The molecule has 0 radical (unpaired) electrons. The third kappa shape index (κ3) is 3.20. The maximum absolute atomic E-state index is 12.8. The summed E-state index contributed by atoms with van der Waals surface area (Å²) >= 11 is 0. The molecule has 1 fully saturated rings. The Hall–Kier alpha value is -2.89. The van der Waals surface area contributed by atoms with Crippen molar-refractivity contribution in [2.24, 2.45) is 0 Å². The Kier molecular flexibility index (Phi) is 4.70. The van der Waals surface area contributed by atoms with Gasteiger partial charge in [-0.2, -0.15) is 0 Å². The molecule has 1 heterocycles. The van der Waals surface area contributed by atoms with Crippen LogP contribution in [0.25, 0.3) is 0 Å². The Bertz CT molecular complexity index is 758. The van der Waals surface area contributed by atoms with Crippen molar-refractivity contribution < 1.29 is 19.7 Å². The molecule has 6 heteroatoms. The number of hydrogen-bond acceptors (Lipinski definition) is 5. The zero-order valence-corrected chi connectivity index (χ0v) is 14.3. The van der Waals surface area contributed by atoms with Crippen molar-refractivity contribution in [1.82, 2.24) is 4.90 Å². The first-order chi connectivity index (χ1) is 12.0. The van der Waals surface area contributed by atoms with E-state index in [9.17, 15) is 15.0 Å². The zero-order valence-electron chi connectivity index (χ0n) is 14.3. The number of benzene rings is 2. The summed E-state index contributed by atoms with van der Waals surface area (Å²) in [7, 11) is 1.64. The first kappa shape index (κ1) is 17.0. The summed E-state index contributed by atoms with van der Waals surface area (Å²) in [5, 5.41) is 19.9. The van der Waals surface area contributed by atoms with E-state index in [2.05, 4.69) is 4.90 Å². The number of phenolic OH excluding ortho intramolecular Hbond substituents is 2. The maximum Gasteiger partial charge on any atom is 0.261 e. The average Bonchev–Trinajstić information content (AvgIpc) is 2.61. The lowest BCUT2D eigenvalue weighted by Crippen LogP contribution is -2.54. The Labute approximate surface area is 146 Å². The average molecular weight is 342 g/mol. The van der Waals surface area contributed by atoms with Crippen LogP contribution in [-0.4, -0.2) is 53.8 Å². The van der Waals surface area contributed by atoms with Gasteiger partial charge in [-0.25, -0.2) is 0 Å². The molecule has 2 N–H and O–H groups in total. The smallest absolute Gasteiger partial charge is 0.261 e. The molecule has 1 atom stereocenters. The minimum Gasteiger partial charge on any atom is -0.507 e. The Morgan fingerprint density at radius 2 is 1.76 bits per heavy atom. The molecule has 6 nitrogen and oxygen atoms in total. The van der Waals surface area contributed by atoms with E-state index in [1.165, 1.54) is 18.2 Å². The van der Waals surface area contributed by atoms with Crippen molar-refractivity contribution in [3.8, 4) is 17.2 Å². The molecule has 0 spiro atoms. The van der Waals surface area contributed by atoms with Crippen LogP contribution in [-0.2, 0) is 0 Å². The molecule has 1 saturated heterocycles. The van der Waals surface area contributed by atoms with Crippen LogP contribution in [0.5, 0.6) is 17.2 Å². The SMILES string of the molecule is COc1ccccc1N1CCN(C(=O)c2c(O)cccc2O)[C@@H](C)C1. The summed E-state index contributed by atoms with van der Waals surface area (Å²) in [6.45, 7) is 3.73. The number of anilines is 1. The number of amides is 1. The summed E-state index contributed by atoms with van der Waals surface area (Å²) < 4.78 is 5.42. The predicted octanol–water partition coefficient (Wildman–Crippen LogP) is 2.46. The number of methoxy groups -OCH3 is 1. The second-order valence-corrected chi connectivity index (χ2v) is 6.14. The molecule has 3 rings (SSSR count). The molecule has 0 unspecified atom stereocenters. The fourth-order valence-electron chi connectivity index (χ4n) is 3.26. The van der Waals surface area contributed by atoms with Crippen LogP contribution in [0.2, 0.25) is 0 Å². The van der Waals surface area contributed by atoms with E-state index in [1.54, 1.807) is 12.0 Å². The lowest BCUT2D eigenvalue weighted by molar-refractivity contribution is 0.0667. The standard InChI is InChI=1S/C19H22N2O4/c1-13-12-20(14-6-3-4-9-17(14)25-2)10-11-21(13)19(24)18-15(22)7-5-8-16(18)23/h3-9,13,22-23H,10-12H2,1-2H3/t13-/m0/s1. The zero-order chi connectivity index (χ0) is 18.0. The number of rotatable bonds is 3. The Morgan fingerprint density at radius 3 is 2.40 bits per heavy atom. The monoisotopic (exact) mass is 342 g/mol. The molecule has 2 aromatic carbocycles. The summed E-state index contributed by atoms with van der Waals surface area (Å²) in [6, 6.07) is 12.0. The van der Waals surface area contributed by atoms with E-state index in [-0.39, 0.29) is 29.0 Å². The van der Waals surface area contributed by atoms with Crippen LogP contribution in [0.15, 0.2) is 42.5 Å². The van der Waals surface area contributed by atoms with Gasteiger partial charge >= 0.3 is 0 Å². The van der Waals surface area contributed by atoms with Gasteiger partial charge in [0.25, 0.3) is 5.91 Å². The van der Waals surface area contributed by atoms with Gasteiger partial charge in [0.1, 0.15) is 22.8 Å². The highest BCUT2D eigenvalue weighted by Gasteiger charge is 2.31. The van der Waals surface area contributed by atoms with Gasteiger partial charge in [0.15, 0.2) is 0 Å². The minimum absolute atomic E-state index is 0.0416. The van der Waals surface area contributed by atoms with Crippen LogP contribution in [0, 0.1) is 0 Å². The highest BCUT2D eigenvalue weighted by atomic mass is 16.5. The first-order valence-corrected chi connectivity index (χ1v) is 8.22. The topological polar surface area (TPSA) is 73.2 Å². The third-order valence-electron chi connectivity index (χ3n) is 4.55. The van der Waals surface area contributed by atoms with Crippen molar-refractivity contribution in [2.75, 3.05) is 31.6 Å². The molecule has 1 aliphatic rings. The molecular formula is C19H22N2O4. The van der Waals surface area contributed by atoms with Crippen molar-refractivity contribution >= 4 is 11.6 Å². The van der Waals surface area contributed by atoms with E-state index in [0.29, 0.717) is 19.6 Å². The minimum atomic E-state index is -0.359. The first-order valence-electron chi connectivity index (χ1n) is 8.22. The molecular weight excluding hydrogens is 320 g/mol. The van der Waals surface area contributed by atoms with Crippen LogP contribution >= 0.6 is 0 Å². The maximum atomic E-state index is 12.8. The number of carbonyl (C=O) groups is 1. The molecule has 1 aliphatic heterocycles. The van der Waals surface area contributed by atoms with E-state index >= 15 is 0 Å². The number of piperazine rings is 1. The lowest BCUT2D eigenvalue weighted by atomic mass is 10.1. The number of phenols is 2. The fourth-order valence-corrected chi connectivity index (χ4v) is 3.26. The predicted molar refractivity (Wildman–Crippen MR) is 95.5 cm³/mol. The van der Waals surface area contributed by atoms with Crippen molar-refractivity contribution in [1.29, 1.82) is 0 Å². The highest BCUT2D eigenvalue weighted by Crippen LogP contribution is 2.32. The van der Waals surface area contributed by atoms with Gasteiger partial charge in [-0.3, -0.25) is 4.79 Å². The lowest BCUT2D eigenvalue weighted by Gasteiger charge is -2.41.